The summed E-state index contributed by atoms with van der Waals surface area (Å²) in [7, 11) is 0. The Labute approximate surface area is 106 Å². The van der Waals surface area contributed by atoms with Gasteiger partial charge in [0.15, 0.2) is 17.8 Å². The number of nitrogen functional groups attached to an aromatic ring is 1. The van der Waals surface area contributed by atoms with Crippen molar-refractivity contribution < 1.29 is 18.8 Å². The van der Waals surface area contributed by atoms with Gasteiger partial charge in [0.2, 0.25) is 12.7 Å². The van der Waals surface area contributed by atoms with Crippen LogP contribution >= 0.6 is 11.6 Å². The number of hydrogen-bond acceptors (Lipinski definition) is 6. The highest BCUT2D eigenvalue weighted by Gasteiger charge is 2.26. The Bertz CT molecular complexity index is 638. The van der Waals surface area contributed by atoms with Crippen molar-refractivity contribution >= 4 is 23.8 Å². The molecule has 1 aliphatic heterocycles. The van der Waals surface area contributed by atoms with Crippen LogP contribution in [-0.2, 0) is 0 Å². The number of carbonyl (C=O) groups excluding carboxylic acids is 1. The van der Waals surface area contributed by atoms with Crippen LogP contribution in [0.3, 0.4) is 0 Å². The summed E-state index contributed by atoms with van der Waals surface area (Å²) in [5, 5.41) is 4.03. The Hall–Kier alpha value is -2.21. The van der Waals surface area contributed by atoms with Crippen LogP contribution in [0.5, 0.6) is 11.5 Å². The third kappa shape index (κ3) is 1.50. The second-order valence-electron chi connectivity index (χ2n) is 3.62. The van der Waals surface area contributed by atoms with E-state index in [-0.39, 0.29) is 23.3 Å². The molecule has 0 radical (unpaired) electrons. The molecule has 0 bridgehead atoms. The van der Waals surface area contributed by atoms with E-state index in [9.17, 15) is 4.79 Å². The second-order valence-corrected chi connectivity index (χ2v) is 4.02. The molecule has 0 saturated heterocycles. The van der Waals surface area contributed by atoms with E-state index in [1.807, 2.05) is 0 Å². The first-order valence-electron chi connectivity index (χ1n) is 5.00. The quantitative estimate of drug-likeness (QED) is 0.838. The molecule has 2 heterocycles. The number of hydrogen-bond donors (Lipinski definition) is 1. The zero-order chi connectivity index (χ0) is 12.7. The molecular formula is C11H7ClN2O4. The lowest BCUT2D eigenvalue weighted by Gasteiger charge is -2.06. The van der Waals surface area contributed by atoms with Gasteiger partial charge in [-0.15, -0.1) is 0 Å². The molecule has 3 rings (SSSR count). The molecule has 0 fully saturated rings. The summed E-state index contributed by atoms with van der Waals surface area (Å²) in [5.41, 5.74) is 6.75. The number of fused-ring (bicyclic) bond motifs is 1. The Morgan fingerprint density at radius 3 is 2.78 bits per heavy atom. The first-order chi connectivity index (χ1) is 8.70. The fourth-order valence-electron chi connectivity index (χ4n) is 1.77. The lowest BCUT2D eigenvalue weighted by molar-refractivity contribution is 0.111. The molecule has 6 nitrogen and oxygen atoms in total. The molecule has 2 N–H and O–H groups in total. The maximum Gasteiger partial charge on any atom is 0.231 e. The minimum absolute atomic E-state index is 0.0247. The predicted molar refractivity (Wildman–Crippen MR) is 62.9 cm³/mol. The molecule has 0 amide bonds. The standard InChI is InChI=1S/C11H7ClN2O4/c12-7-1-5(8-2-9(13)18-14-8)10-11(6(7)3-15)17-4-16-10/h1-3H,4,13H2. The van der Waals surface area contributed by atoms with Gasteiger partial charge >= 0.3 is 0 Å². The van der Waals surface area contributed by atoms with E-state index in [4.69, 9.17) is 31.3 Å². The molecule has 92 valence electrons. The Balaban J connectivity index is 2.25. The van der Waals surface area contributed by atoms with Crippen molar-refractivity contribution in [3.63, 3.8) is 0 Å². The third-order valence-electron chi connectivity index (χ3n) is 2.55. The van der Waals surface area contributed by atoms with Crippen molar-refractivity contribution in [2.45, 2.75) is 0 Å². The monoisotopic (exact) mass is 266 g/mol. The van der Waals surface area contributed by atoms with E-state index in [0.29, 0.717) is 29.0 Å². The maximum atomic E-state index is 11.0. The molecule has 7 heteroatoms. The van der Waals surface area contributed by atoms with Crippen molar-refractivity contribution in [2.75, 3.05) is 12.5 Å². The highest BCUT2D eigenvalue weighted by atomic mass is 35.5. The summed E-state index contributed by atoms with van der Waals surface area (Å²) >= 11 is 6.01. The van der Waals surface area contributed by atoms with Crippen LogP contribution in [0.4, 0.5) is 5.88 Å². The van der Waals surface area contributed by atoms with Gasteiger partial charge in [-0.2, -0.15) is 0 Å². The smallest absolute Gasteiger partial charge is 0.231 e. The van der Waals surface area contributed by atoms with Crippen molar-refractivity contribution in [1.29, 1.82) is 0 Å². The molecule has 0 spiro atoms. The van der Waals surface area contributed by atoms with Gasteiger partial charge in [0.25, 0.3) is 0 Å². The number of carbonyl (C=O) groups is 1. The van der Waals surface area contributed by atoms with E-state index in [1.54, 1.807) is 6.07 Å². The number of rotatable bonds is 2. The summed E-state index contributed by atoms with van der Waals surface area (Å²) < 4.78 is 15.4. The lowest BCUT2D eigenvalue weighted by atomic mass is 10.1. The van der Waals surface area contributed by atoms with Crippen molar-refractivity contribution in [3.05, 3.63) is 22.7 Å². The van der Waals surface area contributed by atoms with Crippen LogP contribution in [0.2, 0.25) is 5.02 Å². The highest BCUT2D eigenvalue weighted by Crippen LogP contribution is 2.46. The normalized spacial score (nSPS) is 12.7. The van der Waals surface area contributed by atoms with Gasteiger partial charge in [0.1, 0.15) is 5.69 Å². The maximum absolute atomic E-state index is 11.0. The van der Waals surface area contributed by atoms with E-state index in [2.05, 4.69) is 5.16 Å². The van der Waals surface area contributed by atoms with Crippen LogP contribution in [-0.4, -0.2) is 18.2 Å². The number of aromatic nitrogens is 1. The molecule has 1 aromatic heterocycles. The highest BCUT2D eigenvalue weighted by molar-refractivity contribution is 6.33. The molecule has 0 aliphatic carbocycles. The molecule has 1 aromatic carbocycles. The lowest BCUT2D eigenvalue weighted by Crippen LogP contribution is -1.94. The fourth-order valence-corrected chi connectivity index (χ4v) is 2.01. The summed E-state index contributed by atoms with van der Waals surface area (Å²) in [6.07, 6.45) is 0.622. The van der Waals surface area contributed by atoms with Gasteiger partial charge in [0, 0.05) is 6.07 Å². The molecule has 1 aliphatic rings. The average molecular weight is 267 g/mol. The van der Waals surface area contributed by atoms with Gasteiger partial charge in [-0.3, -0.25) is 4.79 Å². The largest absolute Gasteiger partial charge is 0.453 e. The van der Waals surface area contributed by atoms with Crippen LogP contribution in [0.15, 0.2) is 16.7 Å². The SMILES string of the molecule is Nc1cc(-c2cc(Cl)c(C=O)c3c2OCO3)no1. The number of anilines is 1. The van der Waals surface area contributed by atoms with Crippen LogP contribution in [0.1, 0.15) is 10.4 Å². The van der Waals surface area contributed by atoms with Gasteiger partial charge in [-0.1, -0.05) is 16.8 Å². The molecule has 0 unspecified atom stereocenters. The van der Waals surface area contributed by atoms with Crippen molar-refractivity contribution in [1.82, 2.24) is 5.16 Å². The fraction of sp³-hybridized carbons (Fsp3) is 0.0909. The van der Waals surface area contributed by atoms with E-state index in [1.165, 1.54) is 6.07 Å². The number of nitrogens with zero attached hydrogens (tertiary/aromatic N) is 1. The minimum atomic E-state index is 0.0247. The van der Waals surface area contributed by atoms with Gasteiger partial charge < -0.3 is 19.7 Å². The Kier molecular flexibility index (Phi) is 2.38. The van der Waals surface area contributed by atoms with Gasteiger partial charge in [-0.25, -0.2) is 0 Å². The summed E-state index contributed by atoms with van der Waals surface area (Å²) in [6.45, 7) is 0.0247. The molecule has 2 aromatic rings. The van der Waals surface area contributed by atoms with Crippen LogP contribution in [0, 0.1) is 0 Å². The number of benzene rings is 1. The number of ether oxygens (including phenoxy) is 2. The second kappa shape index (κ2) is 3.92. The van der Waals surface area contributed by atoms with Gasteiger partial charge in [-0.05, 0) is 6.07 Å². The first-order valence-corrected chi connectivity index (χ1v) is 5.38. The topological polar surface area (TPSA) is 87.6 Å². The van der Waals surface area contributed by atoms with Crippen molar-refractivity contribution in [2.24, 2.45) is 0 Å². The Morgan fingerprint density at radius 2 is 2.11 bits per heavy atom. The summed E-state index contributed by atoms with van der Waals surface area (Å²) in [5.74, 6) is 0.900. The summed E-state index contributed by atoms with van der Waals surface area (Å²) in [4.78, 5) is 11.0. The molecular weight excluding hydrogens is 260 g/mol. The van der Waals surface area contributed by atoms with E-state index in [0.717, 1.165) is 0 Å². The van der Waals surface area contributed by atoms with E-state index < -0.39 is 0 Å². The molecule has 0 atom stereocenters. The van der Waals surface area contributed by atoms with E-state index >= 15 is 0 Å². The Morgan fingerprint density at radius 1 is 1.33 bits per heavy atom. The minimum Gasteiger partial charge on any atom is -0.453 e. The average Bonchev–Trinajstić information content (AvgIpc) is 2.97. The third-order valence-corrected chi connectivity index (χ3v) is 2.87. The zero-order valence-corrected chi connectivity index (χ0v) is 9.73. The summed E-state index contributed by atoms with van der Waals surface area (Å²) in [6, 6.07) is 3.10. The molecule has 0 saturated carbocycles. The van der Waals surface area contributed by atoms with Gasteiger partial charge in [0.05, 0.1) is 16.1 Å². The zero-order valence-electron chi connectivity index (χ0n) is 8.97. The number of aldehydes is 1. The number of halogens is 1. The first kappa shape index (κ1) is 10.9. The van der Waals surface area contributed by atoms with Crippen LogP contribution in [0.25, 0.3) is 11.3 Å². The number of nitrogens with two attached hydrogens (primary N) is 1. The predicted octanol–water partition coefficient (Wildman–Crippen LogP) is 2.12. The van der Waals surface area contributed by atoms with Crippen LogP contribution < -0.4 is 15.2 Å². The molecule has 18 heavy (non-hydrogen) atoms. The van der Waals surface area contributed by atoms with Crippen molar-refractivity contribution in [3.8, 4) is 22.8 Å².